The number of hydrogen-bond acceptors (Lipinski definition) is 1. The first-order valence-electron chi connectivity index (χ1n) is 3.91. The summed E-state index contributed by atoms with van der Waals surface area (Å²) < 4.78 is 0. The lowest BCUT2D eigenvalue weighted by molar-refractivity contribution is 0.324. The molecule has 0 atom stereocenters. The molecule has 0 unspecified atom stereocenters. The molecule has 57 valence electrons. The molecule has 10 heavy (non-hydrogen) atoms. The van der Waals surface area contributed by atoms with E-state index in [0.29, 0.717) is 6.42 Å². The summed E-state index contributed by atoms with van der Waals surface area (Å²) in [4.78, 5) is 0. The molecule has 1 radical (unpaired) electrons. The molecular formula is C9H16N. The van der Waals surface area contributed by atoms with Crippen LogP contribution >= 0.6 is 0 Å². The van der Waals surface area contributed by atoms with Crippen molar-refractivity contribution in [1.29, 1.82) is 5.26 Å². The van der Waals surface area contributed by atoms with Crippen LogP contribution in [-0.2, 0) is 0 Å². The van der Waals surface area contributed by atoms with Crippen LogP contribution in [0.5, 0.6) is 0 Å². The lowest BCUT2D eigenvalue weighted by atomic mass is 9.81. The van der Waals surface area contributed by atoms with E-state index in [2.05, 4.69) is 26.8 Å². The van der Waals surface area contributed by atoms with Gasteiger partial charge < -0.3 is 0 Å². The van der Waals surface area contributed by atoms with E-state index < -0.39 is 0 Å². The van der Waals surface area contributed by atoms with Gasteiger partial charge in [0.2, 0.25) is 0 Å². The average molecular weight is 138 g/mol. The predicted molar refractivity (Wildman–Crippen MR) is 43.2 cm³/mol. The van der Waals surface area contributed by atoms with Gasteiger partial charge in [-0.15, -0.1) is 0 Å². The Bertz CT molecular complexity index is 117. The minimum absolute atomic E-state index is 0.162. The van der Waals surface area contributed by atoms with Gasteiger partial charge in [-0.2, -0.15) is 5.26 Å². The van der Waals surface area contributed by atoms with Gasteiger partial charge in [-0.05, 0) is 18.8 Å². The van der Waals surface area contributed by atoms with Crippen molar-refractivity contribution in [2.75, 3.05) is 0 Å². The molecular weight excluding hydrogens is 122 g/mol. The van der Waals surface area contributed by atoms with E-state index in [4.69, 9.17) is 5.26 Å². The van der Waals surface area contributed by atoms with Gasteiger partial charge in [-0.1, -0.05) is 26.7 Å². The smallest absolute Gasteiger partial charge is 0.0621 e. The summed E-state index contributed by atoms with van der Waals surface area (Å²) in [5, 5.41) is 8.34. The van der Waals surface area contributed by atoms with Gasteiger partial charge in [-0.3, -0.25) is 0 Å². The SMILES string of the molecule is [CH2]C(CC)(CC)CCC#N. The number of nitriles is 1. The molecule has 0 aromatic heterocycles. The lowest BCUT2D eigenvalue weighted by Crippen LogP contribution is -2.13. The highest BCUT2D eigenvalue weighted by Gasteiger charge is 2.18. The minimum atomic E-state index is 0.162. The van der Waals surface area contributed by atoms with Crippen molar-refractivity contribution in [3.63, 3.8) is 0 Å². The number of nitrogens with zero attached hydrogens (tertiary/aromatic N) is 1. The van der Waals surface area contributed by atoms with Crippen LogP contribution in [-0.4, -0.2) is 0 Å². The molecule has 0 N–H and O–H groups in total. The van der Waals surface area contributed by atoms with Crippen LogP contribution in [0.2, 0.25) is 0 Å². The molecule has 1 nitrogen and oxygen atoms in total. The summed E-state index contributed by atoms with van der Waals surface area (Å²) in [6, 6.07) is 2.15. The third-order valence-corrected chi connectivity index (χ3v) is 2.27. The van der Waals surface area contributed by atoms with Crippen LogP contribution in [0.3, 0.4) is 0 Å². The van der Waals surface area contributed by atoms with Crippen molar-refractivity contribution in [1.82, 2.24) is 0 Å². The molecule has 0 aliphatic heterocycles. The van der Waals surface area contributed by atoms with Gasteiger partial charge in [0.05, 0.1) is 6.07 Å². The molecule has 1 heteroatoms. The first-order chi connectivity index (χ1) is 4.68. The van der Waals surface area contributed by atoms with E-state index in [1.54, 1.807) is 0 Å². The Balaban J connectivity index is 3.71. The Morgan fingerprint density at radius 3 is 2.20 bits per heavy atom. The zero-order valence-corrected chi connectivity index (χ0v) is 6.98. The van der Waals surface area contributed by atoms with Gasteiger partial charge in [0.15, 0.2) is 0 Å². The van der Waals surface area contributed by atoms with Crippen LogP contribution in [0.25, 0.3) is 0 Å². The van der Waals surface area contributed by atoms with Gasteiger partial charge in [-0.25, -0.2) is 0 Å². The van der Waals surface area contributed by atoms with Crippen molar-refractivity contribution < 1.29 is 0 Å². The average Bonchev–Trinajstić information content (AvgIpc) is 2.00. The second kappa shape index (κ2) is 4.33. The highest BCUT2D eigenvalue weighted by Crippen LogP contribution is 2.29. The van der Waals surface area contributed by atoms with E-state index in [9.17, 15) is 0 Å². The molecule has 0 saturated carbocycles. The van der Waals surface area contributed by atoms with Crippen LogP contribution in [0, 0.1) is 23.7 Å². The van der Waals surface area contributed by atoms with Gasteiger partial charge in [0.25, 0.3) is 0 Å². The predicted octanol–water partition coefficient (Wildman–Crippen LogP) is 2.93. The first-order valence-corrected chi connectivity index (χ1v) is 3.91. The maximum atomic E-state index is 8.34. The molecule has 0 heterocycles. The molecule has 0 aliphatic rings. The van der Waals surface area contributed by atoms with E-state index in [-0.39, 0.29) is 5.41 Å². The fourth-order valence-corrected chi connectivity index (χ4v) is 0.925. The van der Waals surface area contributed by atoms with E-state index in [1.165, 1.54) is 0 Å². The van der Waals surface area contributed by atoms with Crippen molar-refractivity contribution in [2.24, 2.45) is 5.41 Å². The standard InChI is InChI=1S/C9H16N/c1-4-9(3,5-2)7-6-8-10/h3-7H2,1-2H3. The van der Waals surface area contributed by atoms with Crippen molar-refractivity contribution in [3.8, 4) is 6.07 Å². The Kier molecular flexibility index (Phi) is 4.11. The highest BCUT2D eigenvalue weighted by molar-refractivity contribution is 4.83. The molecule has 0 aromatic carbocycles. The maximum Gasteiger partial charge on any atom is 0.0621 e. The molecule has 0 fully saturated rings. The monoisotopic (exact) mass is 138 g/mol. The molecule has 0 saturated heterocycles. The summed E-state index contributed by atoms with van der Waals surface area (Å²) in [6.45, 7) is 8.36. The quantitative estimate of drug-likeness (QED) is 0.586. The van der Waals surface area contributed by atoms with Gasteiger partial charge in [0.1, 0.15) is 0 Å². The summed E-state index contributed by atoms with van der Waals surface area (Å²) in [7, 11) is 0. The molecule has 0 aliphatic carbocycles. The zero-order chi connectivity index (χ0) is 8.04. The van der Waals surface area contributed by atoms with Gasteiger partial charge >= 0.3 is 0 Å². The summed E-state index contributed by atoms with van der Waals surface area (Å²) in [5.41, 5.74) is 0.162. The third kappa shape index (κ3) is 2.87. The largest absolute Gasteiger partial charge is 0.198 e. The highest BCUT2D eigenvalue weighted by atomic mass is 14.3. The van der Waals surface area contributed by atoms with Crippen molar-refractivity contribution in [2.45, 2.75) is 39.5 Å². The van der Waals surface area contributed by atoms with Crippen molar-refractivity contribution >= 4 is 0 Å². The fourth-order valence-electron chi connectivity index (χ4n) is 0.925. The van der Waals surface area contributed by atoms with Crippen LogP contribution < -0.4 is 0 Å². The van der Waals surface area contributed by atoms with Crippen LogP contribution in [0.15, 0.2) is 0 Å². The Labute approximate surface area is 64.1 Å². The van der Waals surface area contributed by atoms with Crippen LogP contribution in [0.4, 0.5) is 0 Å². The third-order valence-electron chi connectivity index (χ3n) is 2.27. The topological polar surface area (TPSA) is 23.8 Å². The Morgan fingerprint density at radius 1 is 1.40 bits per heavy atom. The molecule has 0 spiro atoms. The molecule has 0 amide bonds. The van der Waals surface area contributed by atoms with E-state index in [0.717, 1.165) is 19.3 Å². The minimum Gasteiger partial charge on any atom is -0.198 e. The molecule has 0 aromatic rings. The summed E-state index contributed by atoms with van der Waals surface area (Å²) >= 11 is 0. The van der Waals surface area contributed by atoms with Crippen molar-refractivity contribution in [3.05, 3.63) is 6.92 Å². The lowest BCUT2D eigenvalue weighted by Gasteiger charge is -2.24. The molecule has 0 bridgehead atoms. The second-order valence-corrected chi connectivity index (χ2v) is 2.87. The van der Waals surface area contributed by atoms with E-state index in [1.807, 2.05) is 0 Å². The Morgan fingerprint density at radius 2 is 1.90 bits per heavy atom. The molecule has 0 rings (SSSR count). The van der Waals surface area contributed by atoms with Gasteiger partial charge in [0, 0.05) is 6.42 Å². The maximum absolute atomic E-state index is 8.34. The summed E-state index contributed by atoms with van der Waals surface area (Å²) in [6.07, 6.45) is 3.73. The van der Waals surface area contributed by atoms with Crippen LogP contribution in [0.1, 0.15) is 39.5 Å². The fraction of sp³-hybridized carbons (Fsp3) is 0.778. The number of rotatable bonds is 4. The first kappa shape index (κ1) is 9.49. The Hall–Kier alpha value is -0.510. The zero-order valence-electron chi connectivity index (χ0n) is 6.98. The normalized spacial score (nSPS) is 11.0. The second-order valence-electron chi connectivity index (χ2n) is 2.87. The van der Waals surface area contributed by atoms with E-state index >= 15 is 0 Å². The number of hydrogen-bond donors (Lipinski definition) is 0. The summed E-state index contributed by atoms with van der Waals surface area (Å²) in [5.74, 6) is 0.